The van der Waals surface area contributed by atoms with Crippen molar-refractivity contribution in [1.29, 1.82) is 0 Å². The Morgan fingerprint density at radius 1 is 1.41 bits per heavy atom. The number of likely N-dealkylation sites (tertiary alicyclic amines) is 1. The van der Waals surface area contributed by atoms with Crippen molar-refractivity contribution in [1.82, 2.24) is 9.88 Å². The van der Waals surface area contributed by atoms with Gasteiger partial charge in [-0.15, -0.1) is 0 Å². The highest BCUT2D eigenvalue weighted by atomic mass is 16.3. The number of pyridine rings is 1. The molecule has 4 heteroatoms. The summed E-state index contributed by atoms with van der Waals surface area (Å²) in [7, 11) is 0. The van der Waals surface area contributed by atoms with Crippen molar-refractivity contribution in [2.24, 2.45) is 0 Å². The van der Waals surface area contributed by atoms with E-state index in [0.29, 0.717) is 0 Å². The van der Waals surface area contributed by atoms with Crippen LogP contribution >= 0.6 is 0 Å². The number of carbonyl (C=O) groups excluding carboxylic acids is 1. The van der Waals surface area contributed by atoms with E-state index in [9.17, 15) is 4.79 Å². The number of nitrogens with zero attached hydrogens (tertiary/aromatic N) is 2. The van der Waals surface area contributed by atoms with Gasteiger partial charge in [0.2, 0.25) is 0 Å². The van der Waals surface area contributed by atoms with E-state index in [1.807, 2.05) is 42.2 Å². The molecule has 2 aromatic rings. The van der Waals surface area contributed by atoms with Crippen LogP contribution in [0.3, 0.4) is 0 Å². The molecule has 3 rings (SSSR count). The Labute approximate surface area is 130 Å². The first-order valence-electron chi connectivity index (χ1n) is 7.99. The van der Waals surface area contributed by atoms with Gasteiger partial charge in [0, 0.05) is 30.3 Å². The second-order valence-corrected chi connectivity index (χ2v) is 5.99. The highest BCUT2D eigenvalue weighted by Gasteiger charge is 2.29. The van der Waals surface area contributed by atoms with Gasteiger partial charge in [0.25, 0.3) is 5.91 Å². The Balaban J connectivity index is 1.95. The standard InChI is InChI=1S/C18H22N2O2/c1-13-12-16(15-8-2-3-9-17(15)19-13)18(22)20-10-4-6-14(20)7-5-11-21/h2-3,8-9,12,14,21H,4-7,10-11H2,1H3. The van der Waals surface area contributed by atoms with Crippen LogP contribution in [0, 0.1) is 6.92 Å². The maximum Gasteiger partial charge on any atom is 0.254 e. The van der Waals surface area contributed by atoms with E-state index in [-0.39, 0.29) is 18.6 Å². The minimum Gasteiger partial charge on any atom is -0.396 e. The molecule has 1 aliphatic heterocycles. The topological polar surface area (TPSA) is 53.4 Å². The minimum atomic E-state index is 0.0992. The van der Waals surface area contributed by atoms with Gasteiger partial charge in [0.1, 0.15) is 0 Å². The van der Waals surface area contributed by atoms with Crippen LogP contribution in [0.4, 0.5) is 0 Å². The second-order valence-electron chi connectivity index (χ2n) is 5.99. The van der Waals surface area contributed by atoms with Crippen molar-refractivity contribution in [3.8, 4) is 0 Å². The van der Waals surface area contributed by atoms with Crippen LogP contribution in [0.25, 0.3) is 10.9 Å². The molecule has 1 aliphatic rings. The van der Waals surface area contributed by atoms with Gasteiger partial charge in [0.15, 0.2) is 0 Å². The zero-order valence-corrected chi connectivity index (χ0v) is 13.0. The molecule has 0 aliphatic carbocycles. The number of carbonyl (C=O) groups is 1. The monoisotopic (exact) mass is 298 g/mol. The van der Waals surface area contributed by atoms with Crippen LogP contribution < -0.4 is 0 Å². The minimum absolute atomic E-state index is 0.0992. The molecule has 1 atom stereocenters. The van der Waals surface area contributed by atoms with Crippen LogP contribution in [0.15, 0.2) is 30.3 Å². The first-order chi connectivity index (χ1) is 10.7. The van der Waals surface area contributed by atoms with Gasteiger partial charge < -0.3 is 10.0 Å². The molecule has 1 aromatic carbocycles. The molecule has 0 spiro atoms. The van der Waals surface area contributed by atoms with Gasteiger partial charge in [-0.1, -0.05) is 18.2 Å². The third-order valence-electron chi connectivity index (χ3n) is 4.41. The van der Waals surface area contributed by atoms with Crippen molar-refractivity contribution in [2.75, 3.05) is 13.2 Å². The lowest BCUT2D eigenvalue weighted by atomic mass is 10.0. The summed E-state index contributed by atoms with van der Waals surface area (Å²) in [5, 5.41) is 9.96. The second kappa shape index (κ2) is 6.44. The Bertz CT molecular complexity index is 684. The third-order valence-corrected chi connectivity index (χ3v) is 4.41. The number of hydrogen-bond acceptors (Lipinski definition) is 3. The predicted octanol–water partition coefficient (Wildman–Crippen LogP) is 2.92. The number of aliphatic hydroxyl groups excluding tert-OH is 1. The van der Waals surface area contributed by atoms with E-state index in [0.717, 1.165) is 54.4 Å². The lowest BCUT2D eigenvalue weighted by molar-refractivity contribution is 0.0726. The largest absolute Gasteiger partial charge is 0.396 e. The fraction of sp³-hybridized carbons (Fsp3) is 0.444. The summed E-state index contributed by atoms with van der Waals surface area (Å²) < 4.78 is 0. The summed E-state index contributed by atoms with van der Waals surface area (Å²) in [6, 6.07) is 9.96. The highest BCUT2D eigenvalue weighted by Crippen LogP contribution is 2.26. The van der Waals surface area contributed by atoms with Crippen LogP contribution in [0.2, 0.25) is 0 Å². The summed E-state index contributed by atoms with van der Waals surface area (Å²) in [4.78, 5) is 19.5. The molecule has 0 saturated carbocycles. The number of aromatic nitrogens is 1. The van der Waals surface area contributed by atoms with E-state index in [4.69, 9.17) is 5.11 Å². The summed E-state index contributed by atoms with van der Waals surface area (Å²) in [5.41, 5.74) is 2.49. The highest BCUT2D eigenvalue weighted by molar-refractivity contribution is 6.06. The molecule has 2 heterocycles. The summed E-state index contributed by atoms with van der Waals surface area (Å²) in [6.45, 7) is 2.93. The number of aryl methyl sites for hydroxylation is 1. The van der Waals surface area contributed by atoms with Crippen molar-refractivity contribution >= 4 is 16.8 Å². The van der Waals surface area contributed by atoms with Crippen LogP contribution in [-0.4, -0.2) is 40.1 Å². The van der Waals surface area contributed by atoms with E-state index < -0.39 is 0 Å². The molecule has 1 unspecified atom stereocenters. The molecule has 0 bridgehead atoms. The van der Waals surface area contributed by atoms with Crippen LogP contribution in [0.1, 0.15) is 41.7 Å². The molecule has 0 radical (unpaired) electrons. The Morgan fingerprint density at radius 2 is 2.23 bits per heavy atom. The Morgan fingerprint density at radius 3 is 3.05 bits per heavy atom. The lowest BCUT2D eigenvalue weighted by Crippen LogP contribution is -2.35. The van der Waals surface area contributed by atoms with Gasteiger partial charge in [0.05, 0.1) is 11.1 Å². The normalized spacial score (nSPS) is 18.1. The van der Waals surface area contributed by atoms with Gasteiger partial charge in [-0.05, 0) is 44.7 Å². The lowest BCUT2D eigenvalue weighted by Gasteiger charge is -2.25. The number of benzene rings is 1. The molecule has 4 nitrogen and oxygen atoms in total. The predicted molar refractivity (Wildman–Crippen MR) is 86.9 cm³/mol. The van der Waals surface area contributed by atoms with Crippen molar-refractivity contribution < 1.29 is 9.90 Å². The van der Waals surface area contributed by atoms with Gasteiger partial charge in [-0.3, -0.25) is 9.78 Å². The molecular formula is C18H22N2O2. The van der Waals surface area contributed by atoms with E-state index >= 15 is 0 Å². The first-order valence-corrected chi connectivity index (χ1v) is 7.99. The molecule has 1 saturated heterocycles. The van der Waals surface area contributed by atoms with Crippen molar-refractivity contribution in [2.45, 2.75) is 38.6 Å². The molecule has 116 valence electrons. The van der Waals surface area contributed by atoms with Gasteiger partial charge in [-0.2, -0.15) is 0 Å². The number of para-hydroxylation sites is 1. The number of rotatable bonds is 4. The Kier molecular flexibility index (Phi) is 4.39. The molecule has 1 fully saturated rings. The fourth-order valence-corrected chi connectivity index (χ4v) is 3.37. The SMILES string of the molecule is Cc1cc(C(=O)N2CCCC2CCCO)c2ccccc2n1. The molecular weight excluding hydrogens is 276 g/mol. The van der Waals surface area contributed by atoms with Crippen LogP contribution in [0.5, 0.6) is 0 Å². The number of aliphatic hydroxyl groups is 1. The van der Waals surface area contributed by atoms with E-state index in [1.165, 1.54) is 0 Å². The number of amides is 1. The molecule has 1 amide bonds. The zero-order valence-electron chi connectivity index (χ0n) is 13.0. The maximum absolute atomic E-state index is 13.0. The maximum atomic E-state index is 13.0. The fourth-order valence-electron chi connectivity index (χ4n) is 3.37. The van der Waals surface area contributed by atoms with E-state index in [2.05, 4.69) is 4.98 Å². The average molecular weight is 298 g/mol. The van der Waals surface area contributed by atoms with Gasteiger partial charge >= 0.3 is 0 Å². The zero-order chi connectivity index (χ0) is 15.5. The molecule has 1 N–H and O–H groups in total. The number of fused-ring (bicyclic) bond motifs is 1. The first kappa shape index (κ1) is 15.0. The summed E-state index contributed by atoms with van der Waals surface area (Å²) in [5.74, 6) is 0.0992. The smallest absolute Gasteiger partial charge is 0.254 e. The summed E-state index contributed by atoms with van der Waals surface area (Å²) in [6.07, 6.45) is 3.71. The van der Waals surface area contributed by atoms with Crippen molar-refractivity contribution in [3.63, 3.8) is 0 Å². The third kappa shape index (κ3) is 2.83. The average Bonchev–Trinajstić information content (AvgIpc) is 2.99. The molecule has 1 aromatic heterocycles. The van der Waals surface area contributed by atoms with Gasteiger partial charge in [-0.25, -0.2) is 0 Å². The number of hydrogen-bond donors (Lipinski definition) is 1. The quantitative estimate of drug-likeness (QED) is 0.944. The summed E-state index contributed by atoms with van der Waals surface area (Å²) >= 11 is 0. The molecule has 22 heavy (non-hydrogen) atoms. The van der Waals surface area contributed by atoms with Crippen molar-refractivity contribution in [3.05, 3.63) is 41.6 Å². The van der Waals surface area contributed by atoms with E-state index in [1.54, 1.807) is 0 Å². The Hall–Kier alpha value is -1.94. The van der Waals surface area contributed by atoms with Crippen LogP contribution in [-0.2, 0) is 0 Å².